The molecule has 2 rings (SSSR count). The van der Waals surface area contributed by atoms with Gasteiger partial charge >= 0.3 is 0 Å². The monoisotopic (exact) mass is 217 g/mol. The summed E-state index contributed by atoms with van der Waals surface area (Å²) in [6, 6.07) is 3.60. The Morgan fingerprint density at radius 3 is 2.62 bits per heavy atom. The van der Waals surface area contributed by atoms with Gasteiger partial charge in [-0.3, -0.25) is 9.78 Å². The van der Waals surface area contributed by atoms with Crippen molar-refractivity contribution in [1.29, 1.82) is 0 Å². The van der Waals surface area contributed by atoms with Crippen LogP contribution in [0.4, 0.5) is 0 Å². The molecule has 2 aromatic rings. The van der Waals surface area contributed by atoms with E-state index in [0.717, 1.165) is 5.69 Å². The number of rotatable bonds is 2. The van der Waals surface area contributed by atoms with Crippen molar-refractivity contribution >= 4 is 0 Å². The van der Waals surface area contributed by atoms with Gasteiger partial charge in [-0.1, -0.05) is 0 Å². The molecule has 82 valence electrons. The van der Waals surface area contributed by atoms with E-state index in [4.69, 9.17) is 4.74 Å². The number of aryl methyl sites for hydroxylation is 1. The Labute approximate surface area is 92.3 Å². The van der Waals surface area contributed by atoms with Crippen molar-refractivity contribution in [3.05, 3.63) is 46.6 Å². The summed E-state index contributed by atoms with van der Waals surface area (Å²) >= 11 is 0. The van der Waals surface area contributed by atoms with Gasteiger partial charge in [-0.2, -0.15) is 5.10 Å². The Balaban J connectivity index is 2.60. The van der Waals surface area contributed by atoms with E-state index in [2.05, 4.69) is 10.1 Å². The topological polar surface area (TPSA) is 57.0 Å². The highest BCUT2D eigenvalue weighted by molar-refractivity contribution is 5.31. The summed E-state index contributed by atoms with van der Waals surface area (Å²) in [6.07, 6.45) is 4.89. The molecule has 0 saturated carbocycles. The molecule has 0 aliphatic carbocycles. The van der Waals surface area contributed by atoms with Crippen molar-refractivity contribution in [3.63, 3.8) is 0 Å². The SMILES string of the molecule is COc1cn(-c2ccncc2)nc(C)c1=O. The molecule has 0 aromatic carbocycles. The third kappa shape index (κ3) is 1.79. The first-order chi connectivity index (χ1) is 7.72. The second kappa shape index (κ2) is 4.14. The van der Waals surface area contributed by atoms with Gasteiger partial charge in [-0.15, -0.1) is 0 Å². The Hall–Kier alpha value is -2.17. The molecule has 0 saturated heterocycles. The molecule has 0 aliphatic rings. The average Bonchev–Trinajstić information content (AvgIpc) is 2.33. The molecule has 0 amide bonds. The van der Waals surface area contributed by atoms with Crippen molar-refractivity contribution < 1.29 is 4.74 Å². The van der Waals surface area contributed by atoms with E-state index in [-0.39, 0.29) is 11.2 Å². The largest absolute Gasteiger partial charge is 0.491 e. The molecule has 0 unspecified atom stereocenters. The molecule has 2 aromatic heterocycles. The lowest BCUT2D eigenvalue weighted by molar-refractivity contribution is 0.404. The summed E-state index contributed by atoms with van der Waals surface area (Å²) in [5, 5.41) is 4.15. The third-order valence-corrected chi connectivity index (χ3v) is 2.20. The van der Waals surface area contributed by atoms with Crippen molar-refractivity contribution in [2.45, 2.75) is 6.92 Å². The first-order valence-electron chi connectivity index (χ1n) is 4.77. The molecule has 0 aliphatic heterocycles. The van der Waals surface area contributed by atoms with E-state index in [0.29, 0.717) is 5.69 Å². The van der Waals surface area contributed by atoms with Gasteiger partial charge in [-0.05, 0) is 19.1 Å². The Kier molecular flexibility index (Phi) is 2.68. The predicted molar refractivity (Wildman–Crippen MR) is 58.9 cm³/mol. The minimum atomic E-state index is -0.187. The molecule has 16 heavy (non-hydrogen) atoms. The first kappa shape index (κ1) is 10.4. The summed E-state index contributed by atoms with van der Waals surface area (Å²) in [5.74, 6) is 0.282. The lowest BCUT2D eigenvalue weighted by Gasteiger charge is -2.07. The summed E-state index contributed by atoms with van der Waals surface area (Å²) in [7, 11) is 1.47. The van der Waals surface area contributed by atoms with Crippen molar-refractivity contribution in [1.82, 2.24) is 14.8 Å². The van der Waals surface area contributed by atoms with Crippen LogP contribution in [-0.2, 0) is 0 Å². The van der Waals surface area contributed by atoms with Crippen LogP contribution in [0.15, 0.2) is 35.5 Å². The fourth-order valence-electron chi connectivity index (χ4n) is 1.36. The minimum Gasteiger partial charge on any atom is -0.491 e. The van der Waals surface area contributed by atoms with Gasteiger partial charge in [0, 0.05) is 12.4 Å². The number of nitrogens with zero attached hydrogens (tertiary/aromatic N) is 3. The first-order valence-corrected chi connectivity index (χ1v) is 4.77. The van der Waals surface area contributed by atoms with E-state index < -0.39 is 0 Å². The van der Waals surface area contributed by atoms with Gasteiger partial charge in [0.15, 0.2) is 5.75 Å². The summed E-state index contributed by atoms with van der Waals surface area (Å²) in [4.78, 5) is 15.5. The van der Waals surface area contributed by atoms with E-state index in [1.807, 2.05) is 0 Å². The maximum absolute atomic E-state index is 11.6. The zero-order valence-electron chi connectivity index (χ0n) is 9.04. The molecule has 0 N–H and O–H groups in total. The van der Waals surface area contributed by atoms with Crippen LogP contribution in [-0.4, -0.2) is 21.9 Å². The number of methoxy groups -OCH3 is 1. The molecule has 5 nitrogen and oxygen atoms in total. The maximum atomic E-state index is 11.6. The van der Waals surface area contributed by atoms with Gasteiger partial charge < -0.3 is 4.74 Å². The lowest BCUT2D eigenvalue weighted by atomic mass is 10.3. The van der Waals surface area contributed by atoms with Crippen LogP contribution in [0, 0.1) is 6.92 Å². The number of pyridine rings is 1. The zero-order chi connectivity index (χ0) is 11.5. The average molecular weight is 217 g/mol. The van der Waals surface area contributed by atoms with E-state index in [9.17, 15) is 4.79 Å². The van der Waals surface area contributed by atoms with Crippen LogP contribution < -0.4 is 10.2 Å². The number of hydrogen-bond acceptors (Lipinski definition) is 4. The van der Waals surface area contributed by atoms with Crippen molar-refractivity contribution in [3.8, 4) is 11.4 Å². The second-order valence-corrected chi connectivity index (χ2v) is 3.26. The van der Waals surface area contributed by atoms with Crippen molar-refractivity contribution in [2.24, 2.45) is 0 Å². The van der Waals surface area contributed by atoms with Crippen LogP contribution in [0.2, 0.25) is 0 Å². The Morgan fingerprint density at radius 2 is 2.00 bits per heavy atom. The summed E-state index contributed by atoms with van der Waals surface area (Å²) in [6.45, 7) is 1.66. The Morgan fingerprint density at radius 1 is 1.31 bits per heavy atom. The van der Waals surface area contributed by atoms with Gasteiger partial charge in [0.2, 0.25) is 5.43 Å². The van der Waals surface area contributed by atoms with E-state index >= 15 is 0 Å². The number of hydrogen-bond donors (Lipinski definition) is 0. The van der Waals surface area contributed by atoms with E-state index in [1.54, 1.807) is 42.3 Å². The highest BCUT2D eigenvalue weighted by Gasteiger charge is 2.06. The summed E-state index contributed by atoms with van der Waals surface area (Å²) in [5.41, 5.74) is 1.04. The second-order valence-electron chi connectivity index (χ2n) is 3.26. The Bertz CT molecular complexity index is 549. The molecule has 0 bridgehead atoms. The smallest absolute Gasteiger partial charge is 0.244 e. The van der Waals surface area contributed by atoms with Gasteiger partial charge in [0.25, 0.3) is 0 Å². The minimum absolute atomic E-state index is 0.187. The van der Waals surface area contributed by atoms with Crippen LogP contribution in [0.5, 0.6) is 5.75 Å². The highest BCUT2D eigenvalue weighted by atomic mass is 16.5. The quantitative estimate of drug-likeness (QED) is 0.751. The molecule has 0 radical (unpaired) electrons. The third-order valence-electron chi connectivity index (χ3n) is 2.20. The number of ether oxygens (including phenoxy) is 1. The highest BCUT2D eigenvalue weighted by Crippen LogP contribution is 2.08. The van der Waals surface area contributed by atoms with Crippen LogP contribution >= 0.6 is 0 Å². The van der Waals surface area contributed by atoms with Crippen LogP contribution in [0.25, 0.3) is 5.69 Å². The van der Waals surface area contributed by atoms with Crippen LogP contribution in [0.1, 0.15) is 5.69 Å². The molecule has 5 heteroatoms. The molecule has 0 atom stereocenters. The predicted octanol–water partition coefficient (Wildman–Crippen LogP) is 0.945. The normalized spacial score (nSPS) is 10.1. The fourth-order valence-corrected chi connectivity index (χ4v) is 1.36. The molecule has 0 spiro atoms. The molecular weight excluding hydrogens is 206 g/mol. The zero-order valence-corrected chi connectivity index (χ0v) is 9.04. The molecule has 2 heterocycles. The van der Waals surface area contributed by atoms with Gasteiger partial charge in [0.1, 0.15) is 5.69 Å². The van der Waals surface area contributed by atoms with Crippen LogP contribution in [0.3, 0.4) is 0 Å². The maximum Gasteiger partial charge on any atom is 0.244 e. The fraction of sp³-hybridized carbons (Fsp3) is 0.182. The van der Waals surface area contributed by atoms with Gasteiger partial charge in [-0.25, -0.2) is 4.68 Å². The van der Waals surface area contributed by atoms with Gasteiger partial charge in [0.05, 0.1) is 19.0 Å². The van der Waals surface area contributed by atoms with E-state index in [1.165, 1.54) is 7.11 Å². The summed E-state index contributed by atoms with van der Waals surface area (Å²) < 4.78 is 6.59. The molecule has 0 fully saturated rings. The number of aromatic nitrogens is 3. The van der Waals surface area contributed by atoms with Crippen molar-refractivity contribution in [2.75, 3.05) is 7.11 Å². The lowest BCUT2D eigenvalue weighted by Crippen LogP contribution is -2.16. The standard InChI is InChI=1S/C11H11N3O2/c1-8-11(15)10(16-2)7-14(13-8)9-3-5-12-6-4-9/h3-7H,1-2H3. The molecular formula is C11H11N3O2.